The number of ketones is 1. The molecule has 4 amide bonds. The van der Waals surface area contributed by atoms with Crippen molar-refractivity contribution in [3.8, 4) is 0 Å². The zero-order valence-corrected chi connectivity index (χ0v) is 24.0. The van der Waals surface area contributed by atoms with Gasteiger partial charge in [-0.1, -0.05) is 0 Å². The van der Waals surface area contributed by atoms with E-state index in [1.165, 1.54) is 6.92 Å². The summed E-state index contributed by atoms with van der Waals surface area (Å²) in [6.45, 7) is 0.0144. The summed E-state index contributed by atoms with van der Waals surface area (Å²) in [6.07, 6.45) is -2.48. The van der Waals surface area contributed by atoms with Crippen molar-refractivity contribution in [3.05, 3.63) is 0 Å². The number of hydrogen-bond acceptors (Lipinski definition) is 13. The normalized spacial score (nSPS) is 14.3. The van der Waals surface area contributed by atoms with Crippen molar-refractivity contribution in [3.63, 3.8) is 0 Å². The Morgan fingerprint density at radius 1 is 0.732 bits per heavy atom. The smallest absolute Gasteiger partial charge is 0.326 e. The van der Waals surface area contributed by atoms with E-state index in [0.29, 0.717) is 0 Å². The third kappa shape index (κ3) is 15.8. The number of hydrogen-bond donors (Lipinski definition) is 10. The first-order valence-corrected chi connectivity index (χ1v) is 13.4. The van der Waals surface area contributed by atoms with E-state index in [9.17, 15) is 43.5 Å². The van der Waals surface area contributed by atoms with Gasteiger partial charge in [0.25, 0.3) is 0 Å². The lowest BCUT2D eigenvalue weighted by Gasteiger charge is -2.18. The van der Waals surface area contributed by atoms with E-state index < -0.39 is 97.1 Å². The number of nitrogens with one attached hydrogen (secondary N) is 4. The van der Waals surface area contributed by atoms with E-state index in [2.05, 4.69) is 46.5 Å². The summed E-state index contributed by atoms with van der Waals surface area (Å²) in [6, 6.07) is -4.84. The number of esters is 1. The number of ether oxygens (including phenoxy) is 1. The third-order valence-corrected chi connectivity index (χ3v) is 6.03. The van der Waals surface area contributed by atoms with Gasteiger partial charge < -0.3 is 47.7 Å². The molecule has 0 aromatic carbocycles. The Balaban J connectivity index is 4.62. The Hall–Kier alpha value is -3.42. The molecule has 0 radical (unpaired) electrons. The summed E-state index contributed by atoms with van der Waals surface area (Å²) < 4.78 is 4.94. The fraction of sp³-hybridized carbons (Fsp3) is 0.636. The molecular weight excluding hydrogens is 588 g/mol. The van der Waals surface area contributed by atoms with E-state index in [-0.39, 0.29) is 30.8 Å². The summed E-state index contributed by atoms with van der Waals surface area (Å²) in [5, 5.41) is 27.0. The molecule has 0 rings (SSSR count). The summed E-state index contributed by atoms with van der Waals surface area (Å²) in [5.41, 5.74) is 10.8. The molecule has 0 heterocycles. The monoisotopic (exact) mass is 624 g/mol. The topological polar surface area (TPSA) is 286 Å². The first-order valence-electron chi connectivity index (χ1n) is 12.2. The van der Waals surface area contributed by atoms with Crippen LogP contribution in [-0.2, 0) is 43.1 Å². The Bertz CT molecular complexity index is 984. The van der Waals surface area contributed by atoms with Crippen molar-refractivity contribution >= 4 is 72.6 Å². The van der Waals surface area contributed by atoms with Crippen LogP contribution < -0.4 is 32.7 Å². The molecule has 0 aliphatic rings. The molecule has 3 unspecified atom stereocenters. The van der Waals surface area contributed by atoms with Crippen LogP contribution in [0.25, 0.3) is 0 Å². The average Bonchev–Trinajstić information content (AvgIpc) is 2.92. The van der Waals surface area contributed by atoms with Gasteiger partial charge in [0.1, 0.15) is 24.7 Å². The van der Waals surface area contributed by atoms with Gasteiger partial charge in [-0.25, -0.2) is 4.79 Å². The molecule has 0 bridgehead atoms. The van der Waals surface area contributed by atoms with Gasteiger partial charge in [0.15, 0.2) is 11.9 Å². The van der Waals surface area contributed by atoms with Crippen LogP contribution in [0.3, 0.4) is 0 Å². The molecule has 0 fully saturated rings. The number of nitrogens with two attached hydrogens (primary N) is 2. The second-order valence-electron chi connectivity index (χ2n) is 8.61. The van der Waals surface area contributed by atoms with Crippen molar-refractivity contribution in [2.24, 2.45) is 11.5 Å². The molecule has 0 aromatic rings. The number of amides is 4. The van der Waals surface area contributed by atoms with Crippen LogP contribution in [0.2, 0.25) is 0 Å². The standard InChI is InChI=1S/C22H36N6O11S2/c1-10(15(29)4-3-13(22(37)38)27-17(31)6-25-19(33)12(24)8-40)39-18(32)7-26-20(34)14(9-41)28-16(30)5-2-11(23)21(35)36/h10-14,40-41H,2-9,23-24H2,1H3,(H,25,33)(H,26,34)(H,27,31)(H,28,30)(H,35,36)(H,37,38)/t10?,11?,12-,13-,14?/m0/s1. The minimum atomic E-state index is -1.47. The molecule has 0 aliphatic carbocycles. The minimum Gasteiger partial charge on any atom is -0.480 e. The second-order valence-corrected chi connectivity index (χ2v) is 9.34. The van der Waals surface area contributed by atoms with Gasteiger partial charge in [-0.2, -0.15) is 25.3 Å². The van der Waals surface area contributed by atoms with Gasteiger partial charge in [-0.15, -0.1) is 0 Å². The summed E-state index contributed by atoms with van der Waals surface area (Å²) in [5.74, 6) is -7.46. The molecule has 41 heavy (non-hydrogen) atoms. The molecule has 17 nitrogen and oxygen atoms in total. The fourth-order valence-corrected chi connectivity index (χ4v) is 3.25. The van der Waals surface area contributed by atoms with Crippen molar-refractivity contribution in [2.45, 2.75) is 62.9 Å². The lowest BCUT2D eigenvalue weighted by atomic mass is 10.1. The number of carbonyl (C=O) groups is 8. The fourth-order valence-electron chi connectivity index (χ4n) is 2.83. The number of carbonyl (C=O) groups excluding carboxylic acids is 6. The Morgan fingerprint density at radius 2 is 1.32 bits per heavy atom. The second kappa shape index (κ2) is 19.6. The lowest BCUT2D eigenvalue weighted by molar-refractivity contribution is -0.154. The summed E-state index contributed by atoms with van der Waals surface area (Å²) in [7, 11) is 0. The quantitative estimate of drug-likeness (QED) is 0.0456. The molecular formula is C22H36N6O11S2. The molecule has 0 aliphatic heterocycles. The molecule has 0 aromatic heterocycles. The van der Waals surface area contributed by atoms with E-state index in [0.717, 1.165) is 0 Å². The first-order chi connectivity index (χ1) is 19.1. The van der Waals surface area contributed by atoms with E-state index in [4.69, 9.17) is 21.3 Å². The maximum Gasteiger partial charge on any atom is 0.326 e. The van der Waals surface area contributed by atoms with Gasteiger partial charge in [0.2, 0.25) is 23.6 Å². The molecule has 5 atom stereocenters. The van der Waals surface area contributed by atoms with Crippen LogP contribution in [0.4, 0.5) is 0 Å². The molecule has 0 spiro atoms. The molecule has 19 heteroatoms. The number of rotatable bonds is 20. The van der Waals surface area contributed by atoms with Crippen LogP contribution in [0.1, 0.15) is 32.6 Å². The predicted molar refractivity (Wildman–Crippen MR) is 148 cm³/mol. The summed E-state index contributed by atoms with van der Waals surface area (Å²) in [4.78, 5) is 94.2. The minimum absolute atomic E-state index is 0.0321. The Kier molecular flexibility index (Phi) is 18.0. The summed E-state index contributed by atoms with van der Waals surface area (Å²) >= 11 is 7.80. The van der Waals surface area contributed by atoms with E-state index in [1.54, 1.807) is 0 Å². The van der Waals surface area contributed by atoms with E-state index >= 15 is 0 Å². The number of Topliss-reactive ketones (excluding diaryl/α,β-unsaturated/α-hetero) is 1. The van der Waals surface area contributed by atoms with Crippen LogP contribution in [0.5, 0.6) is 0 Å². The highest BCUT2D eigenvalue weighted by atomic mass is 32.1. The highest BCUT2D eigenvalue weighted by Gasteiger charge is 2.26. The number of carboxylic acid groups (broad SMARTS) is 2. The predicted octanol–water partition coefficient (Wildman–Crippen LogP) is -4.07. The molecule has 232 valence electrons. The van der Waals surface area contributed by atoms with Crippen LogP contribution in [0, 0.1) is 0 Å². The van der Waals surface area contributed by atoms with Gasteiger partial charge in [0, 0.05) is 24.3 Å². The largest absolute Gasteiger partial charge is 0.480 e. The van der Waals surface area contributed by atoms with Crippen molar-refractivity contribution in [1.29, 1.82) is 0 Å². The Labute approximate surface area is 246 Å². The van der Waals surface area contributed by atoms with Gasteiger partial charge in [-0.05, 0) is 19.8 Å². The lowest BCUT2D eigenvalue weighted by Crippen LogP contribution is -2.49. The molecule has 0 saturated carbocycles. The van der Waals surface area contributed by atoms with Crippen molar-refractivity contribution in [1.82, 2.24) is 21.3 Å². The SMILES string of the molecule is CC(OC(=O)CNC(=O)C(CS)NC(=O)CCC(N)C(=O)O)C(=O)CC[C@H](NC(=O)CNC(=O)[C@@H](N)CS)C(=O)O. The number of aliphatic carboxylic acids is 2. The zero-order valence-electron chi connectivity index (χ0n) is 22.2. The highest BCUT2D eigenvalue weighted by Crippen LogP contribution is 2.05. The highest BCUT2D eigenvalue weighted by molar-refractivity contribution is 7.80. The van der Waals surface area contributed by atoms with Crippen LogP contribution >= 0.6 is 25.3 Å². The van der Waals surface area contributed by atoms with Crippen molar-refractivity contribution in [2.75, 3.05) is 24.6 Å². The Morgan fingerprint density at radius 3 is 1.85 bits per heavy atom. The molecule has 10 N–H and O–H groups in total. The molecule has 0 saturated heterocycles. The number of thiol groups is 2. The van der Waals surface area contributed by atoms with Gasteiger partial charge in [-0.3, -0.25) is 33.6 Å². The van der Waals surface area contributed by atoms with Gasteiger partial charge >= 0.3 is 17.9 Å². The van der Waals surface area contributed by atoms with E-state index in [1.807, 2.05) is 0 Å². The maximum atomic E-state index is 12.3. The number of carboxylic acids is 2. The van der Waals surface area contributed by atoms with Crippen molar-refractivity contribution < 1.29 is 53.3 Å². The van der Waals surface area contributed by atoms with Crippen LogP contribution in [-0.4, -0.2) is 112 Å². The first kappa shape index (κ1) is 37.6. The van der Waals surface area contributed by atoms with Gasteiger partial charge in [0.05, 0.1) is 12.6 Å². The third-order valence-electron chi connectivity index (χ3n) is 5.27. The average molecular weight is 625 g/mol. The zero-order chi connectivity index (χ0) is 31.7. The maximum absolute atomic E-state index is 12.3. The van der Waals surface area contributed by atoms with Crippen LogP contribution in [0.15, 0.2) is 0 Å².